The van der Waals surface area contributed by atoms with Crippen LogP contribution in [0.2, 0.25) is 0 Å². The number of amides is 3. The zero-order chi connectivity index (χ0) is 27.7. The van der Waals surface area contributed by atoms with E-state index in [0.29, 0.717) is 31.4 Å². The first kappa shape index (κ1) is 28.4. The second kappa shape index (κ2) is 11.2. The molecule has 4 rings (SSSR count). The number of rotatable bonds is 6. The topological polar surface area (TPSA) is 124 Å². The maximum atomic E-state index is 14.0. The summed E-state index contributed by atoms with van der Waals surface area (Å²) in [6.45, 7) is 6.03. The van der Waals surface area contributed by atoms with Crippen molar-refractivity contribution >= 4 is 17.9 Å². The maximum Gasteiger partial charge on any atom is 0.408 e. The molecule has 2 atom stereocenters. The summed E-state index contributed by atoms with van der Waals surface area (Å²) in [6, 6.07) is 4.68. The van der Waals surface area contributed by atoms with Crippen molar-refractivity contribution in [2.75, 3.05) is 13.1 Å². The van der Waals surface area contributed by atoms with E-state index in [1.165, 1.54) is 11.3 Å². The molecule has 0 saturated heterocycles. The van der Waals surface area contributed by atoms with Crippen LogP contribution in [0, 0.1) is 11.3 Å². The third-order valence-electron chi connectivity index (χ3n) is 9.03. The summed E-state index contributed by atoms with van der Waals surface area (Å²) in [4.78, 5) is 41.6. The van der Waals surface area contributed by atoms with E-state index in [4.69, 9.17) is 5.73 Å². The predicted molar refractivity (Wildman–Crippen MR) is 146 cm³/mol. The van der Waals surface area contributed by atoms with Crippen LogP contribution in [0.15, 0.2) is 18.2 Å². The first-order valence-electron chi connectivity index (χ1n) is 14.4. The molecule has 2 aliphatic carbocycles. The van der Waals surface area contributed by atoms with Crippen molar-refractivity contribution in [1.29, 1.82) is 0 Å². The highest BCUT2D eigenvalue weighted by atomic mass is 16.4. The third kappa shape index (κ3) is 5.85. The fourth-order valence-electron chi connectivity index (χ4n) is 7.56. The van der Waals surface area contributed by atoms with Gasteiger partial charge < -0.3 is 20.8 Å². The van der Waals surface area contributed by atoms with E-state index in [-0.39, 0.29) is 24.4 Å². The lowest BCUT2D eigenvalue weighted by Gasteiger charge is -2.50. The number of benzene rings is 1. The lowest BCUT2D eigenvalue weighted by molar-refractivity contribution is -0.142. The highest BCUT2D eigenvalue weighted by molar-refractivity contribution is 5.93. The molecule has 0 aromatic heterocycles. The standard InChI is InChI=1S/C30H45N3O5/c1-29(2,3)27(30(38)15-8-5-9-16-30)33(28(36)37)19-24(34)32-17-14-21-18-22(26(31)35)12-13-23(21)25(32)20-10-6-4-7-11-20/h12-13,18,20,25,27,38H,4-11,14-17,19H2,1-3H3,(H2,31,35)(H,36,37). The number of hydrogen-bond donors (Lipinski definition) is 3. The number of fused-ring (bicyclic) bond motifs is 1. The van der Waals surface area contributed by atoms with Gasteiger partial charge in [0.25, 0.3) is 0 Å². The molecule has 0 radical (unpaired) electrons. The fraction of sp³-hybridized carbons (Fsp3) is 0.700. The molecule has 0 spiro atoms. The zero-order valence-corrected chi connectivity index (χ0v) is 23.2. The molecule has 2 unspecified atom stereocenters. The van der Waals surface area contributed by atoms with Crippen LogP contribution in [0.25, 0.3) is 0 Å². The Morgan fingerprint density at radius 1 is 1.08 bits per heavy atom. The highest BCUT2D eigenvalue weighted by Crippen LogP contribution is 2.44. The maximum absolute atomic E-state index is 14.0. The molecule has 1 aromatic rings. The van der Waals surface area contributed by atoms with Crippen LogP contribution in [-0.2, 0) is 11.2 Å². The molecule has 8 heteroatoms. The van der Waals surface area contributed by atoms with Crippen LogP contribution in [0.1, 0.15) is 113 Å². The van der Waals surface area contributed by atoms with Crippen molar-refractivity contribution in [2.24, 2.45) is 17.1 Å². The molecule has 1 aromatic carbocycles. The molecule has 3 amide bonds. The Morgan fingerprint density at radius 2 is 1.71 bits per heavy atom. The van der Waals surface area contributed by atoms with Gasteiger partial charge in [-0.25, -0.2) is 4.79 Å². The number of carboxylic acid groups (broad SMARTS) is 1. The molecule has 1 aliphatic heterocycles. The smallest absolute Gasteiger partial charge is 0.408 e. The number of nitrogens with zero attached hydrogens (tertiary/aromatic N) is 2. The third-order valence-corrected chi connectivity index (χ3v) is 9.03. The Labute approximate surface area is 226 Å². The van der Waals surface area contributed by atoms with Crippen LogP contribution >= 0.6 is 0 Å². The van der Waals surface area contributed by atoms with Crippen LogP contribution in [0.4, 0.5) is 4.79 Å². The molecule has 1 heterocycles. The largest absolute Gasteiger partial charge is 0.465 e. The number of nitrogens with two attached hydrogens (primary N) is 1. The van der Waals surface area contributed by atoms with E-state index in [1.807, 2.05) is 37.8 Å². The molecular weight excluding hydrogens is 482 g/mol. The van der Waals surface area contributed by atoms with Crippen LogP contribution in [0.3, 0.4) is 0 Å². The lowest BCUT2D eigenvalue weighted by atomic mass is 9.69. The summed E-state index contributed by atoms with van der Waals surface area (Å²) < 4.78 is 0. The van der Waals surface area contributed by atoms with E-state index >= 15 is 0 Å². The minimum Gasteiger partial charge on any atom is -0.465 e. The molecule has 0 bridgehead atoms. The molecule has 3 aliphatic rings. The molecule has 8 nitrogen and oxygen atoms in total. The first-order chi connectivity index (χ1) is 17.9. The van der Waals surface area contributed by atoms with Gasteiger partial charge >= 0.3 is 6.09 Å². The summed E-state index contributed by atoms with van der Waals surface area (Å²) in [5, 5.41) is 22.1. The minimum absolute atomic E-state index is 0.157. The van der Waals surface area contributed by atoms with Crippen LogP contribution in [0.5, 0.6) is 0 Å². The van der Waals surface area contributed by atoms with E-state index in [9.17, 15) is 24.6 Å². The van der Waals surface area contributed by atoms with Gasteiger partial charge in [0, 0.05) is 12.1 Å². The number of carbonyl (C=O) groups is 3. The van der Waals surface area contributed by atoms with Gasteiger partial charge in [0.05, 0.1) is 17.7 Å². The van der Waals surface area contributed by atoms with E-state index in [1.54, 1.807) is 6.07 Å². The fourth-order valence-corrected chi connectivity index (χ4v) is 7.56. The summed E-state index contributed by atoms with van der Waals surface area (Å²) >= 11 is 0. The first-order valence-corrected chi connectivity index (χ1v) is 14.4. The van der Waals surface area contributed by atoms with Crippen molar-refractivity contribution in [3.8, 4) is 0 Å². The molecule has 2 fully saturated rings. The van der Waals surface area contributed by atoms with Crippen LogP contribution < -0.4 is 5.73 Å². The molecular formula is C30H45N3O5. The SMILES string of the molecule is CC(C)(C)C(N(CC(=O)N1CCc2cc(C(N)=O)ccc2C1C1CCCCC1)C(=O)O)C1(O)CCCCC1. The second-order valence-electron chi connectivity index (χ2n) is 12.8. The van der Waals surface area contributed by atoms with Gasteiger partial charge in [0.15, 0.2) is 0 Å². The Balaban J connectivity index is 1.66. The summed E-state index contributed by atoms with van der Waals surface area (Å²) in [5.74, 6) is -0.404. The second-order valence-corrected chi connectivity index (χ2v) is 12.8. The van der Waals surface area contributed by atoms with Crippen molar-refractivity contribution in [3.63, 3.8) is 0 Å². The Kier molecular flexibility index (Phi) is 8.40. The molecule has 4 N–H and O–H groups in total. The average molecular weight is 528 g/mol. The van der Waals surface area contributed by atoms with Gasteiger partial charge in [-0.2, -0.15) is 0 Å². The zero-order valence-electron chi connectivity index (χ0n) is 23.2. The number of primary amides is 1. The number of hydrogen-bond acceptors (Lipinski definition) is 4. The van der Waals surface area contributed by atoms with E-state index < -0.39 is 29.1 Å². The van der Waals surface area contributed by atoms with E-state index in [0.717, 1.165) is 56.1 Å². The Hall–Kier alpha value is -2.61. The van der Waals surface area contributed by atoms with Crippen molar-refractivity contribution in [2.45, 2.75) is 109 Å². The van der Waals surface area contributed by atoms with Gasteiger partial charge in [-0.15, -0.1) is 0 Å². The lowest BCUT2D eigenvalue weighted by Crippen LogP contribution is -2.63. The van der Waals surface area contributed by atoms with Crippen LogP contribution in [-0.4, -0.2) is 62.7 Å². The molecule has 2 saturated carbocycles. The summed E-state index contributed by atoms with van der Waals surface area (Å²) in [7, 11) is 0. The monoisotopic (exact) mass is 527 g/mol. The van der Waals surface area contributed by atoms with Gasteiger partial charge in [0.1, 0.15) is 6.54 Å². The van der Waals surface area contributed by atoms with Gasteiger partial charge in [-0.3, -0.25) is 14.5 Å². The Morgan fingerprint density at radius 3 is 2.29 bits per heavy atom. The molecule has 210 valence electrons. The predicted octanol–water partition coefficient (Wildman–Crippen LogP) is 4.88. The minimum atomic E-state index is -1.17. The van der Waals surface area contributed by atoms with Crippen molar-refractivity contribution in [1.82, 2.24) is 9.80 Å². The average Bonchev–Trinajstić information content (AvgIpc) is 2.87. The number of carbonyl (C=O) groups excluding carboxylic acids is 2. The van der Waals surface area contributed by atoms with Gasteiger partial charge in [-0.05, 0) is 66.7 Å². The van der Waals surface area contributed by atoms with E-state index in [2.05, 4.69) is 0 Å². The quantitative estimate of drug-likeness (QED) is 0.486. The molecule has 38 heavy (non-hydrogen) atoms. The van der Waals surface area contributed by atoms with Crippen molar-refractivity contribution < 1.29 is 24.6 Å². The summed E-state index contributed by atoms with van der Waals surface area (Å²) in [6.07, 6.45) is 8.65. The highest BCUT2D eigenvalue weighted by Gasteiger charge is 2.50. The Bertz CT molecular complexity index is 1040. The van der Waals surface area contributed by atoms with Crippen molar-refractivity contribution in [3.05, 3.63) is 34.9 Å². The summed E-state index contributed by atoms with van der Waals surface area (Å²) in [5.41, 5.74) is 6.38. The van der Waals surface area contributed by atoms with Gasteiger partial charge in [-0.1, -0.05) is 65.4 Å². The number of aliphatic hydroxyl groups is 1. The normalized spacial score (nSPS) is 22.8. The van der Waals surface area contributed by atoms with Gasteiger partial charge in [0.2, 0.25) is 11.8 Å².